The third-order valence-corrected chi connectivity index (χ3v) is 4.12. The van der Waals surface area contributed by atoms with Crippen molar-refractivity contribution in [1.82, 2.24) is 20.0 Å². The van der Waals surface area contributed by atoms with Crippen LogP contribution in [0.3, 0.4) is 0 Å². The molecular weight excluding hydrogens is 264 g/mol. The number of halogens is 1. The van der Waals surface area contributed by atoms with Gasteiger partial charge in [-0.25, -0.2) is 0 Å². The first-order chi connectivity index (χ1) is 9.02. The minimum absolute atomic E-state index is 0.227. The lowest BCUT2D eigenvalue weighted by Gasteiger charge is -2.30. The van der Waals surface area contributed by atoms with E-state index >= 15 is 0 Å². The number of carbonyl (C=O) groups is 1. The minimum atomic E-state index is 0.227. The Morgan fingerprint density at radius 3 is 2.79 bits per heavy atom. The van der Waals surface area contributed by atoms with Crippen molar-refractivity contribution in [2.45, 2.75) is 38.8 Å². The lowest BCUT2D eigenvalue weighted by atomic mass is 10.1. The first kappa shape index (κ1) is 14.3. The number of carbonyl (C=O) groups excluding carboxylic acids is 1. The number of nitrogens with one attached hydrogen (secondary N) is 1. The number of likely N-dealkylation sites (tertiary alicyclic amines) is 1. The molecule has 1 saturated heterocycles. The Balaban J connectivity index is 1.96. The highest BCUT2D eigenvalue weighted by atomic mass is 35.5. The average Bonchev–Trinajstić information content (AvgIpc) is 2.66. The molecule has 19 heavy (non-hydrogen) atoms. The smallest absolute Gasteiger partial charge is 0.222 e. The fourth-order valence-electron chi connectivity index (χ4n) is 2.43. The van der Waals surface area contributed by atoms with Crippen molar-refractivity contribution in [2.75, 3.05) is 13.6 Å². The van der Waals surface area contributed by atoms with E-state index in [4.69, 9.17) is 11.6 Å². The van der Waals surface area contributed by atoms with Crippen molar-refractivity contribution < 1.29 is 4.79 Å². The van der Waals surface area contributed by atoms with E-state index < -0.39 is 0 Å². The van der Waals surface area contributed by atoms with Crippen LogP contribution in [0.2, 0.25) is 5.02 Å². The summed E-state index contributed by atoms with van der Waals surface area (Å²) in [4.78, 5) is 13.2. The van der Waals surface area contributed by atoms with Crippen LogP contribution in [0, 0.1) is 0 Å². The summed E-state index contributed by atoms with van der Waals surface area (Å²) in [5, 5.41) is 8.63. The maximum absolute atomic E-state index is 11.4. The number of piperidine rings is 1. The van der Waals surface area contributed by atoms with Crippen LogP contribution in [-0.4, -0.2) is 40.2 Å². The first-order valence-electron chi connectivity index (χ1n) is 6.70. The van der Waals surface area contributed by atoms with Gasteiger partial charge >= 0.3 is 0 Å². The highest BCUT2D eigenvalue weighted by Gasteiger charge is 2.23. The molecule has 1 aromatic heterocycles. The van der Waals surface area contributed by atoms with Gasteiger partial charge in [0.05, 0.1) is 16.4 Å². The Hall–Kier alpha value is -1.07. The predicted molar refractivity (Wildman–Crippen MR) is 75.1 cm³/mol. The molecule has 0 saturated carbocycles. The second-order valence-corrected chi connectivity index (χ2v) is 5.45. The van der Waals surface area contributed by atoms with Crippen molar-refractivity contribution >= 4 is 17.5 Å². The summed E-state index contributed by atoms with van der Waals surface area (Å²) in [6.07, 6.45) is 2.35. The summed E-state index contributed by atoms with van der Waals surface area (Å²) in [6, 6.07) is 0.332. The van der Waals surface area contributed by atoms with E-state index in [0.29, 0.717) is 19.0 Å². The van der Waals surface area contributed by atoms with Gasteiger partial charge in [-0.15, -0.1) is 0 Å². The van der Waals surface area contributed by atoms with Crippen LogP contribution in [0.4, 0.5) is 0 Å². The molecule has 5 nitrogen and oxygen atoms in total. The highest BCUT2D eigenvalue weighted by Crippen LogP contribution is 2.21. The predicted octanol–water partition coefficient (Wildman–Crippen LogP) is 1.35. The Morgan fingerprint density at radius 1 is 1.47 bits per heavy atom. The number of aryl methyl sites for hydroxylation is 2. The molecule has 106 valence electrons. The molecule has 0 spiro atoms. The zero-order valence-corrected chi connectivity index (χ0v) is 12.5. The van der Waals surface area contributed by atoms with Crippen LogP contribution in [0.25, 0.3) is 0 Å². The zero-order chi connectivity index (χ0) is 14.0. The Labute approximate surface area is 118 Å². The van der Waals surface area contributed by atoms with Crippen molar-refractivity contribution in [3.05, 3.63) is 16.4 Å². The highest BCUT2D eigenvalue weighted by molar-refractivity contribution is 6.31. The number of aromatic nitrogens is 2. The van der Waals surface area contributed by atoms with Gasteiger partial charge in [0.25, 0.3) is 0 Å². The second kappa shape index (κ2) is 5.92. The minimum Gasteiger partial charge on any atom is -0.344 e. The number of rotatable bonds is 4. The topological polar surface area (TPSA) is 50.2 Å². The largest absolute Gasteiger partial charge is 0.344 e. The van der Waals surface area contributed by atoms with Gasteiger partial charge in [-0.05, 0) is 12.8 Å². The van der Waals surface area contributed by atoms with Crippen LogP contribution in [0.1, 0.15) is 31.2 Å². The monoisotopic (exact) mass is 284 g/mol. The summed E-state index contributed by atoms with van der Waals surface area (Å²) < 4.78 is 1.84. The molecule has 0 bridgehead atoms. The third-order valence-electron chi connectivity index (χ3n) is 3.69. The number of nitrogens with zero attached hydrogens (tertiary/aromatic N) is 3. The van der Waals surface area contributed by atoms with E-state index in [2.05, 4.69) is 10.4 Å². The molecule has 1 unspecified atom stereocenters. The van der Waals surface area contributed by atoms with Crippen LogP contribution in [-0.2, 0) is 24.8 Å². The standard InChI is InChI=1S/C13H21ClN4O/c1-4-10-13(14)11(18(3)16-10)7-15-9-5-6-12(19)17(2)8-9/h9,15H,4-8H2,1-3H3. The molecule has 0 aliphatic carbocycles. The van der Waals surface area contributed by atoms with Crippen molar-refractivity contribution in [3.8, 4) is 0 Å². The van der Waals surface area contributed by atoms with Gasteiger partial charge in [0.2, 0.25) is 5.91 Å². The molecule has 2 heterocycles. The Morgan fingerprint density at radius 2 is 2.21 bits per heavy atom. The second-order valence-electron chi connectivity index (χ2n) is 5.08. The summed E-state index contributed by atoms with van der Waals surface area (Å²) in [7, 11) is 3.76. The molecular formula is C13H21ClN4O. The van der Waals surface area contributed by atoms with E-state index in [1.54, 1.807) is 4.90 Å². The van der Waals surface area contributed by atoms with Crippen molar-refractivity contribution in [1.29, 1.82) is 0 Å². The number of hydrogen-bond acceptors (Lipinski definition) is 3. The molecule has 0 radical (unpaired) electrons. The average molecular weight is 285 g/mol. The van der Waals surface area contributed by atoms with Crippen molar-refractivity contribution in [2.24, 2.45) is 7.05 Å². The van der Waals surface area contributed by atoms with Crippen LogP contribution >= 0.6 is 11.6 Å². The molecule has 2 rings (SSSR count). The molecule has 1 aromatic rings. The third kappa shape index (κ3) is 3.09. The van der Waals surface area contributed by atoms with E-state index in [-0.39, 0.29) is 5.91 Å². The maximum atomic E-state index is 11.4. The normalized spacial score (nSPS) is 20.1. The lowest BCUT2D eigenvalue weighted by molar-refractivity contribution is -0.132. The van der Waals surface area contributed by atoms with Gasteiger partial charge in [-0.3, -0.25) is 9.48 Å². The number of likely N-dealkylation sites (N-methyl/N-ethyl adjacent to an activating group) is 1. The van der Waals surface area contributed by atoms with Gasteiger partial charge in [0.1, 0.15) is 0 Å². The van der Waals surface area contributed by atoms with E-state index in [1.807, 2.05) is 25.7 Å². The van der Waals surface area contributed by atoms with Crippen LogP contribution < -0.4 is 5.32 Å². The SMILES string of the molecule is CCc1nn(C)c(CNC2CCC(=O)N(C)C2)c1Cl. The summed E-state index contributed by atoms with van der Waals surface area (Å²) >= 11 is 6.31. The maximum Gasteiger partial charge on any atom is 0.222 e. The van der Waals surface area contributed by atoms with E-state index in [9.17, 15) is 4.79 Å². The zero-order valence-electron chi connectivity index (χ0n) is 11.7. The molecule has 6 heteroatoms. The first-order valence-corrected chi connectivity index (χ1v) is 7.08. The summed E-state index contributed by atoms with van der Waals surface area (Å²) in [5.41, 5.74) is 1.95. The molecule has 1 fully saturated rings. The molecule has 1 aliphatic heterocycles. The van der Waals surface area contributed by atoms with Crippen LogP contribution in [0.15, 0.2) is 0 Å². The number of hydrogen-bond donors (Lipinski definition) is 1. The van der Waals surface area contributed by atoms with Crippen LogP contribution in [0.5, 0.6) is 0 Å². The number of amides is 1. The molecule has 1 atom stereocenters. The molecule has 1 amide bonds. The molecule has 1 N–H and O–H groups in total. The fourth-order valence-corrected chi connectivity index (χ4v) is 2.79. The summed E-state index contributed by atoms with van der Waals surface area (Å²) in [5.74, 6) is 0.227. The summed E-state index contributed by atoms with van der Waals surface area (Å²) in [6.45, 7) is 3.50. The lowest BCUT2D eigenvalue weighted by Crippen LogP contribution is -2.46. The van der Waals surface area contributed by atoms with Gasteiger partial charge in [0, 0.05) is 39.6 Å². The van der Waals surface area contributed by atoms with Gasteiger partial charge in [-0.1, -0.05) is 18.5 Å². The Bertz CT molecular complexity index is 471. The molecule has 0 aromatic carbocycles. The van der Waals surface area contributed by atoms with Gasteiger partial charge < -0.3 is 10.2 Å². The van der Waals surface area contributed by atoms with E-state index in [1.165, 1.54) is 0 Å². The van der Waals surface area contributed by atoms with Crippen molar-refractivity contribution in [3.63, 3.8) is 0 Å². The fraction of sp³-hybridized carbons (Fsp3) is 0.692. The van der Waals surface area contributed by atoms with E-state index in [0.717, 1.165) is 35.8 Å². The van der Waals surface area contributed by atoms with Gasteiger partial charge in [-0.2, -0.15) is 5.10 Å². The molecule has 1 aliphatic rings. The Kier molecular flexibility index (Phi) is 4.47. The quantitative estimate of drug-likeness (QED) is 0.908. The van der Waals surface area contributed by atoms with Gasteiger partial charge in [0.15, 0.2) is 0 Å².